The maximum Gasteiger partial charge on any atom is 0.218 e. The molecule has 1 amide bonds. The third kappa shape index (κ3) is 4.40. The maximum absolute atomic E-state index is 10.7. The van der Waals surface area contributed by atoms with Gasteiger partial charge < -0.3 is 5.73 Å². The van der Waals surface area contributed by atoms with Crippen molar-refractivity contribution >= 4 is 5.91 Å². The molecule has 0 unspecified atom stereocenters. The highest BCUT2D eigenvalue weighted by Gasteiger charge is 2.06. The Hall–Kier alpha value is -1.42. The summed E-state index contributed by atoms with van der Waals surface area (Å²) < 4.78 is 0. The van der Waals surface area contributed by atoms with Gasteiger partial charge in [0.2, 0.25) is 5.91 Å². The van der Waals surface area contributed by atoms with Crippen molar-refractivity contribution in [2.45, 2.75) is 26.8 Å². The van der Waals surface area contributed by atoms with Gasteiger partial charge in [-0.1, -0.05) is 13.0 Å². The van der Waals surface area contributed by atoms with Gasteiger partial charge in [-0.3, -0.25) is 14.7 Å². The number of nitrogens with zero attached hydrogens (tertiary/aromatic N) is 2. The number of rotatable bonds is 6. The Morgan fingerprint density at radius 2 is 2.25 bits per heavy atom. The van der Waals surface area contributed by atoms with E-state index in [-0.39, 0.29) is 5.91 Å². The molecule has 0 saturated heterocycles. The van der Waals surface area contributed by atoms with Crippen molar-refractivity contribution in [2.24, 2.45) is 5.73 Å². The molecule has 1 rings (SSSR count). The van der Waals surface area contributed by atoms with E-state index in [4.69, 9.17) is 5.73 Å². The number of aryl methyl sites for hydroxylation is 1. The van der Waals surface area contributed by atoms with Crippen LogP contribution >= 0.6 is 0 Å². The van der Waals surface area contributed by atoms with Crippen LogP contribution in [0.1, 0.15) is 24.7 Å². The molecule has 1 aromatic rings. The lowest BCUT2D eigenvalue weighted by molar-refractivity contribution is -0.118. The zero-order valence-corrected chi connectivity index (χ0v) is 9.94. The molecule has 0 atom stereocenters. The van der Waals surface area contributed by atoms with Gasteiger partial charge >= 0.3 is 0 Å². The van der Waals surface area contributed by atoms with Gasteiger partial charge in [0.1, 0.15) is 0 Å². The number of amides is 1. The number of hydrogen-bond acceptors (Lipinski definition) is 3. The summed E-state index contributed by atoms with van der Waals surface area (Å²) in [6.07, 6.45) is 0.402. The monoisotopic (exact) mass is 221 g/mol. The van der Waals surface area contributed by atoms with Crippen LogP contribution in [0.2, 0.25) is 0 Å². The van der Waals surface area contributed by atoms with Gasteiger partial charge in [-0.05, 0) is 25.6 Å². The van der Waals surface area contributed by atoms with Crippen LogP contribution in [0.4, 0.5) is 0 Å². The first-order valence-electron chi connectivity index (χ1n) is 5.55. The molecule has 0 fully saturated rings. The topological polar surface area (TPSA) is 59.2 Å². The predicted molar refractivity (Wildman–Crippen MR) is 63.7 cm³/mol. The fraction of sp³-hybridized carbons (Fsp3) is 0.500. The van der Waals surface area contributed by atoms with Crippen molar-refractivity contribution in [1.82, 2.24) is 9.88 Å². The molecule has 4 nitrogen and oxygen atoms in total. The Labute approximate surface area is 96.5 Å². The second kappa shape index (κ2) is 6.23. The largest absolute Gasteiger partial charge is 0.370 e. The van der Waals surface area contributed by atoms with Gasteiger partial charge in [-0.15, -0.1) is 0 Å². The number of primary amides is 1. The van der Waals surface area contributed by atoms with Gasteiger partial charge in [0, 0.05) is 25.2 Å². The highest BCUT2D eigenvalue weighted by atomic mass is 16.1. The summed E-state index contributed by atoms with van der Waals surface area (Å²) in [5, 5.41) is 0. The highest BCUT2D eigenvalue weighted by molar-refractivity contribution is 5.73. The fourth-order valence-electron chi connectivity index (χ4n) is 1.53. The molecule has 0 aliphatic heterocycles. The van der Waals surface area contributed by atoms with E-state index in [1.165, 1.54) is 0 Å². The van der Waals surface area contributed by atoms with E-state index in [0.717, 1.165) is 24.5 Å². The molecule has 88 valence electrons. The number of nitrogens with two attached hydrogens (primary N) is 1. The van der Waals surface area contributed by atoms with Crippen LogP contribution in [0.5, 0.6) is 0 Å². The van der Waals surface area contributed by atoms with Crippen molar-refractivity contribution in [3.63, 3.8) is 0 Å². The molecule has 1 heterocycles. The summed E-state index contributed by atoms with van der Waals surface area (Å²) in [6, 6.07) is 5.97. The van der Waals surface area contributed by atoms with Crippen molar-refractivity contribution in [2.75, 3.05) is 13.1 Å². The summed E-state index contributed by atoms with van der Waals surface area (Å²) >= 11 is 0. The van der Waals surface area contributed by atoms with Crippen LogP contribution in [-0.2, 0) is 11.3 Å². The fourth-order valence-corrected chi connectivity index (χ4v) is 1.53. The lowest BCUT2D eigenvalue weighted by Gasteiger charge is -2.19. The van der Waals surface area contributed by atoms with Gasteiger partial charge in [0.15, 0.2) is 0 Å². The summed E-state index contributed by atoms with van der Waals surface area (Å²) in [5.74, 6) is -0.254. The summed E-state index contributed by atoms with van der Waals surface area (Å²) in [5.41, 5.74) is 7.18. The minimum atomic E-state index is -0.254. The van der Waals surface area contributed by atoms with Gasteiger partial charge in [0.05, 0.1) is 5.69 Å². The van der Waals surface area contributed by atoms with Gasteiger partial charge in [0.25, 0.3) is 0 Å². The number of carbonyl (C=O) groups is 1. The number of pyridine rings is 1. The smallest absolute Gasteiger partial charge is 0.218 e. The first-order valence-corrected chi connectivity index (χ1v) is 5.55. The van der Waals surface area contributed by atoms with Crippen LogP contribution in [0.25, 0.3) is 0 Å². The molecule has 0 spiro atoms. The van der Waals surface area contributed by atoms with E-state index in [1.807, 2.05) is 25.1 Å². The third-order valence-electron chi connectivity index (χ3n) is 2.45. The van der Waals surface area contributed by atoms with E-state index in [0.29, 0.717) is 13.0 Å². The van der Waals surface area contributed by atoms with Crippen LogP contribution in [0, 0.1) is 6.92 Å². The molecule has 0 saturated carbocycles. The molecule has 0 aliphatic carbocycles. The van der Waals surface area contributed by atoms with Crippen molar-refractivity contribution in [3.8, 4) is 0 Å². The van der Waals surface area contributed by atoms with Gasteiger partial charge in [-0.2, -0.15) is 0 Å². The van der Waals surface area contributed by atoms with E-state index < -0.39 is 0 Å². The quantitative estimate of drug-likeness (QED) is 0.782. The molecule has 0 radical (unpaired) electrons. The zero-order chi connectivity index (χ0) is 12.0. The Morgan fingerprint density at radius 1 is 1.50 bits per heavy atom. The van der Waals surface area contributed by atoms with Crippen LogP contribution in [-0.4, -0.2) is 28.9 Å². The molecule has 0 aromatic carbocycles. The molecule has 4 heteroatoms. The normalized spacial score (nSPS) is 10.7. The molecule has 0 aliphatic rings. The minimum absolute atomic E-state index is 0.254. The zero-order valence-electron chi connectivity index (χ0n) is 9.94. The number of carbonyl (C=O) groups excluding carboxylic acids is 1. The summed E-state index contributed by atoms with van der Waals surface area (Å²) in [4.78, 5) is 17.3. The Balaban J connectivity index is 2.52. The molecular weight excluding hydrogens is 202 g/mol. The average Bonchev–Trinajstić information content (AvgIpc) is 2.24. The lowest BCUT2D eigenvalue weighted by Crippen LogP contribution is -2.28. The van der Waals surface area contributed by atoms with Crippen molar-refractivity contribution < 1.29 is 4.79 Å². The van der Waals surface area contributed by atoms with E-state index in [1.54, 1.807) is 0 Å². The average molecular weight is 221 g/mol. The highest BCUT2D eigenvalue weighted by Crippen LogP contribution is 2.03. The van der Waals surface area contributed by atoms with E-state index in [2.05, 4.69) is 16.8 Å². The first kappa shape index (κ1) is 12.6. The Morgan fingerprint density at radius 3 is 2.81 bits per heavy atom. The van der Waals surface area contributed by atoms with E-state index >= 15 is 0 Å². The first-order chi connectivity index (χ1) is 7.61. The number of hydrogen-bond donors (Lipinski definition) is 1. The number of aromatic nitrogens is 1. The van der Waals surface area contributed by atoms with E-state index in [9.17, 15) is 4.79 Å². The molecular formula is C12H19N3O. The van der Waals surface area contributed by atoms with Crippen LogP contribution in [0.15, 0.2) is 18.2 Å². The maximum atomic E-state index is 10.7. The Bertz CT molecular complexity index is 352. The third-order valence-corrected chi connectivity index (χ3v) is 2.45. The summed E-state index contributed by atoms with van der Waals surface area (Å²) in [7, 11) is 0. The van der Waals surface area contributed by atoms with Crippen LogP contribution in [0.3, 0.4) is 0 Å². The molecule has 2 N–H and O–H groups in total. The molecule has 1 aromatic heterocycles. The minimum Gasteiger partial charge on any atom is -0.370 e. The Kier molecular flexibility index (Phi) is 4.92. The van der Waals surface area contributed by atoms with Crippen molar-refractivity contribution in [3.05, 3.63) is 29.6 Å². The van der Waals surface area contributed by atoms with Gasteiger partial charge in [-0.25, -0.2) is 0 Å². The molecule has 16 heavy (non-hydrogen) atoms. The molecule has 0 bridgehead atoms. The lowest BCUT2D eigenvalue weighted by atomic mass is 10.3. The second-order valence-corrected chi connectivity index (χ2v) is 3.86. The van der Waals surface area contributed by atoms with Crippen LogP contribution < -0.4 is 5.73 Å². The standard InChI is InChI=1S/C12H19N3O/c1-3-15(8-7-12(13)16)9-11-6-4-5-10(2)14-11/h4-6H,3,7-9H2,1-2H3,(H2,13,16). The second-order valence-electron chi connectivity index (χ2n) is 3.86. The van der Waals surface area contributed by atoms with Crippen molar-refractivity contribution in [1.29, 1.82) is 0 Å². The SMILES string of the molecule is CCN(CCC(N)=O)Cc1cccc(C)n1. The summed E-state index contributed by atoms with van der Waals surface area (Å²) in [6.45, 7) is 6.40. The predicted octanol–water partition coefficient (Wildman–Crippen LogP) is 1.09.